The molecule has 0 aliphatic heterocycles. The molecule has 7 nitrogen and oxygen atoms in total. The van der Waals surface area contributed by atoms with Crippen molar-refractivity contribution in [3.63, 3.8) is 0 Å². The first kappa shape index (κ1) is 10.1. The van der Waals surface area contributed by atoms with E-state index in [1.165, 1.54) is 4.90 Å². The van der Waals surface area contributed by atoms with Gasteiger partial charge in [-0.25, -0.2) is 4.98 Å². The van der Waals surface area contributed by atoms with E-state index in [-0.39, 0.29) is 17.7 Å². The zero-order chi connectivity index (χ0) is 11.5. The molecule has 0 atom stereocenters. The highest BCUT2D eigenvalue weighted by Gasteiger charge is 2.17. The molecule has 82 valence electrons. The summed E-state index contributed by atoms with van der Waals surface area (Å²) in [7, 11) is 1.60. The molecule has 0 fully saturated rings. The molecule has 16 heavy (non-hydrogen) atoms. The highest BCUT2D eigenvalue weighted by molar-refractivity contribution is 6.02. The molecule has 0 aliphatic rings. The number of anilines is 2. The fraction of sp³-hybridized carbons (Fsp3) is 0.111. The minimum atomic E-state index is -0.345. The third kappa shape index (κ3) is 1.83. The van der Waals surface area contributed by atoms with Gasteiger partial charge in [0.25, 0.3) is 5.91 Å². The molecule has 1 amide bonds. The molecule has 0 unspecified atom stereocenters. The lowest BCUT2D eigenvalue weighted by Gasteiger charge is -2.13. The number of pyridine rings is 1. The Kier molecular flexibility index (Phi) is 2.50. The van der Waals surface area contributed by atoms with E-state index in [4.69, 9.17) is 5.73 Å². The molecule has 3 N–H and O–H groups in total. The third-order valence-corrected chi connectivity index (χ3v) is 2.00. The Morgan fingerprint density at radius 2 is 2.31 bits per heavy atom. The summed E-state index contributed by atoms with van der Waals surface area (Å²) in [5.41, 5.74) is 5.32. The maximum atomic E-state index is 11.9. The Labute approximate surface area is 91.3 Å². The zero-order valence-electron chi connectivity index (χ0n) is 8.58. The van der Waals surface area contributed by atoms with Crippen LogP contribution in [0, 0.1) is 0 Å². The van der Waals surface area contributed by atoms with Crippen LogP contribution >= 0.6 is 0 Å². The number of H-pyrrole nitrogens is 1. The average Bonchev–Trinajstić information content (AvgIpc) is 2.75. The van der Waals surface area contributed by atoms with Gasteiger partial charge in [0.15, 0.2) is 0 Å². The molecule has 0 aliphatic carbocycles. The summed E-state index contributed by atoms with van der Waals surface area (Å²) >= 11 is 0. The van der Waals surface area contributed by atoms with Crippen molar-refractivity contribution in [2.24, 2.45) is 0 Å². The van der Waals surface area contributed by atoms with Gasteiger partial charge in [0.05, 0.1) is 0 Å². The molecular formula is C9H10N6O. The van der Waals surface area contributed by atoms with Crippen LogP contribution in [0.3, 0.4) is 0 Å². The van der Waals surface area contributed by atoms with Gasteiger partial charge in [0.1, 0.15) is 5.82 Å². The van der Waals surface area contributed by atoms with Gasteiger partial charge in [-0.3, -0.25) is 14.8 Å². The molecule has 0 bridgehead atoms. The van der Waals surface area contributed by atoms with Crippen molar-refractivity contribution < 1.29 is 4.79 Å². The van der Waals surface area contributed by atoms with Gasteiger partial charge in [-0.15, -0.1) is 5.10 Å². The summed E-state index contributed by atoms with van der Waals surface area (Å²) in [5, 5.41) is 6.04. The SMILES string of the molecule is CN(C(=O)c1nc(N)n[nH]1)c1ccccn1. The summed E-state index contributed by atoms with van der Waals surface area (Å²) in [6.45, 7) is 0. The number of carbonyl (C=O) groups excluding carboxylic acids is 1. The Hall–Kier alpha value is -2.44. The fourth-order valence-corrected chi connectivity index (χ4v) is 1.19. The maximum Gasteiger partial charge on any atom is 0.296 e. The molecule has 2 aromatic rings. The number of aromatic nitrogens is 4. The van der Waals surface area contributed by atoms with Crippen LogP contribution in [0.2, 0.25) is 0 Å². The highest BCUT2D eigenvalue weighted by Crippen LogP contribution is 2.09. The number of rotatable bonds is 2. The predicted molar refractivity (Wildman–Crippen MR) is 57.8 cm³/mol. The molecule has 2 rings (SSSR count). The molecule has 0 saturated carbocycles. The topological polar surface area (TPSA) is 101 Å². The second-order valence-corrected chi connectivity index (χ2v) is 3.09. The Morgan fingerprint density at radius 3 is 2.88 bits per heavy atom. The van der Waals surface area contributed by atoms with Gasteiger partial charge >= 0.3 is 0 Å². The quantitative estimate of drug-likeness (QED) is 0.742. The average molecular weight is 218 g/mol. The number of amides is 1. The van der Waals surface area contributed by atoms with Crippen LogP contribution in [0.25, 0.3) is 0 Å². The summed E-state index contributed by atoms with van der Waals surface area (Å²) in [4.78, 5) is 21.0. The monoisotopic (exact) mass is 218 g/mol. The standard InChI is InChI=1S/C9H10N6O/c1-15(6-4-2-3-5-11-6)8(16)7-12-9(10)14-13-7/h2-5H,1H3,(H3,10,12,13,14). The smallest absolute Gasteiger partial charge is 0.296 e. The molecule has 0 saturated heterocycles. The van der Waals surface area contributed by atoms with Crippen LogP contribution in [-0.4, -0.2) is 33.1 Å². The number of aromatic amines is 1. The summed E-state index contributed by atoms with van der Waals surface area (Å²) in [6, 6.07) is 5.28. The van der Waals surface area contributed by atoms with Crippen LogP contribution in [0.1, 0.15) is 10.6 Å². The number of nitrogen functional groups attached to an aromatic ring is 1. The van der Waals surface area contributed by atoms with Gasteiger partial charge < -0.3 is 5.73 Å². The van der Waals surface area contributed by atoms with Crippen molar-refractivity contribution >= 4 is 17.7 Å². The van der Waals surface area contributed by atoms with E-state index in [0.717, 1.165) is 0 Å². The van der Waals surface area contributed by atoms with E-state index in [0.29, 0.717) is 5.82 Å². The van der Waals surface area contributed by atoms with Gasteiger partial charge in [-0.1, -0.05) is 6.07 Å². The van der Waals surface area contributed by atoms with Crippen LogP contribution in [0.4, 0.5) is 11.8 Å². The largest absolute Gasteiger partial charge is 0.366 e. The van der Waals surface area contributed by atoms with E-state index in [1.807, 2.05) is 0 Å². The van der Waals surface area contributed by atoms with E-state index in [2.05, 4.69) is 20.2 Å². The number of hydrogen-bond acceptors (Lipinski definition) is 5. The number of nitrogens with one attached hydrogen (secondary N) is 1. The summed E-state index contributed by atoms with van der Waals surface area (Å²) in [6.07, 6.45) is 1.61. The number of hydrogen-bond donors (Lipinski definition) is 2. The lowest BCUT2D eigenvalue weighted by molar-refractivity contribution is 0.0983. The van der Waals surface area contributed by atoms with Crippen molar-refractivity contribution in [2.75, 3.05) is 17.7 Å². The van der Waals surface area contributed by atoms with E-state index in [1.54, 1.807) is 31.4 Å². The first-order valence-electron chi connectivity index (χ1n) is 4.55. The normalized spacial score (nSPS) is 10.1. The van der Waals surface area contributed by atoms with Crippen molar-refractivity contribution in [1.29, 1.82) is 0 Å². The summed E-state index contributed by atoms with van der Waals surface area (Å²) < 4.78 is 0. The van der Waals surface area contributed by atoms with Crippen molar-refractivity contribution in [1.82, 2.24) is 20.2 Å². The first-order chi connectivity index (χ1) is 7.68. The number of nitrogens with zero attached hydrogens (tertiary/aromatic N) is 4. The van der Waals surface area contributed by atoms with Crippen molar-refractivity contribution in [2.45, 2.75) is 0 Å². The molecular weight excluding hydrogens is 208 g/mol. The molecule has 2 heterocycles. The molecule has 2 aromatic heterocycles. The lowest BCUT2D eigenvalue weighted by Crippen LogP contribution is -2.28. The fourth-order valence-electron chi connectivity index (χ4n) is 1.19. The van der Waals surface area contributed by atoms with Gasteiger partial charge in [0, 0.05) is 13.2 Å². The van der Waals surface area contributed by atoms with Crippen LogP contribution in [-0.2, 0) is 0 Å². The van der Waals surface area contributed by atoms with E-state index < -0.39 is 0 Å². The summed E-state index contributed by atoms with van der Waals surface area (Å²) in [5.74, 6) is 0.314. The zero-order valence-corrected chi connectivity index (χ0v) is 8.58. The van der Waals surface area contributed by atoms with Crippen LogP contribution in [0.15, 0.2) is 24.4 Å². The lowest BCUT2D eigenvalue weighted by atomic mass is 10.4. The number of carbonyl (C=O) groups is 1. The molecule has 0 radical (unpaired) electrons. The second-order valence-electron chi connectivity index (χ2n) is 3.09. The Morgan fingerprint density at radius 1 is 1.50 bits per heavy atom. The van der Waals surface area contributed by atoms with Crippen LogP contribution < -0.4 is 10.6 Å². The van der Waals surface area contributed by atoms with E-state index >= 15 is 0 Å². The Balaban J connectivity index is 2.23. The van der Waals surface area contributed by atoms with Gasteiger partial charge in [-0.2, -0.15) is 4.98 Å². The van der Waals surface area contributed by atoms with E-state index in [9.17, 15) is 4.79 Å². The highest BCUT2D eigenvalue weighted by atomic mass is 16.2. The first-order valence-corrected chi connectivity index (χ1v) is 4.55. The maximum absolute atomic E-state index is 11.9. The van der Waals surface area contributed by atoms with Crippen LogP contribution in [0.5, 0.6) is 0 Å². The van der Waals surface area contributed by atoms with Crippen molar-refractivity contribution in [3.8, 4) is 0 Å². The van der Waals surface area contributed by atoms with Gasteiger partial charge in [0.2, 0.25) is 11.8 Å². The Bertz CT molecular complexity index is 494. The molecule has 7 heteroatoms. The minimum Gasteiger partial charge on any atom is -0.366 e. The second kappa shape index (κ2) is 3.97. The van der Waals surface area contributed by atoms with Gasteiger partial charge in [-0.05, 0) is 12.1 Å². The predicted octanol–water partition coefficient (Wildman–Crippen LogP) is 0.0585. The third-order valence-electron chi connectivity index (χ3n) is 2.00. The van der Waals surface area contributed by atoms with Crippen molar-refractivity contribution in [3.05, 3.63) is 30.2 Å². The molecule has 0 aromatic carbocycles. The number of nitrogens with two attached hydrogens (primary N) is 1. The molecule has 0 spiro atoms. The minimum absolute atomic E-state index is 0.0396.